The second-order valence-corrected chi connectivity index (χ2v) is 11.6. The highest BCUT2D eigenvalue weighted by Crippen LogP contribution is 2.36. The Morgan fingerprint density at radius 3 is 2.76 bits per heavy atom. The molecule has 2 heterocycles. The van der Waals surface area contributed by atoms with Gasteiger partial charge in [-0.25, -0.2) is 4.98 Å². The van der Waals surface area contributed by atoms with Crippen molar-refractivity contribution in [2.75, 3.05) is 17.3 Å². The van der Waals surface area contributed by atoms with Gasteiger partial charge in [0.15, 0.2) is 10.9 Å². The fraction of sp³-hybridized carbons (Fsp3) is 0.0769. The minimum atomic E-state index is -0.294. The molecule has 1 aromatic heterocycles. The number of fused-ring (bicyclic) bond motifs is 1. The predicted molar refractivity (Wildman–Crippen MR) is 158 cm³/mol. The van der Waals surface area contributed by atoms with Gasteiger partial charge in [0.2, 0.25) is 5.13 Å². The van der Waals surface area contributed by atoms with Gasteiger partial charge in [-0.1, -0.05) is 69.4 Å². The van der Waals surface area contributed by atoms with E-state index in [4.69, 9.17) is 17.0 Å². The molecular weight excluding hydrogens is 592 g/mol. The van der Waals surface area contributed by atoms with E-state index >= 15 is 0 Å². The van der Waals surface area contributed by atoms with Gasteiger partial charge in [-0.3, -0.25) is 15.0 Å². The highest BCUT2D eigenvalue weighted by Gasteiger charge is 2.33. The Hall–Kier alpha value is -3.25. The number of hydrazine groups is 1. The maximum absolute atomic E-state index is 13.2. The number of thiazole rings is 1. The number of thioether (sulfide) groups is 1. The zero-order valence-corrected chi connectivity index (χ0v) is 23.4. The van der Waals surface area contributed by atoms with Crippen molar-refractivity contribution in [2.24, 2.45) is 0 Å². The summed E-state index contributed by atoms with van der Waals surface area (Å²) in [4.78, 5) is 30.6. The van der Waals surface area contributed by atoms with Gasteiger partial charge in [-0.15, -0.1) is 0 Å². The molecule has 11 heteroatoms. The molecule has 1 fully saturated rings. The number of carbonyl (C=O) groups is 2. The monoisotopic (exact) mass is 610 g/mol. The lowest BCUT2D eigenvalue weighted by Gasteiger charge is -2.14. The number of benzene rings is 3. The average molecular weight is 612 g/mol. The van der Waals surface area contributed by atoms with Crippen molar-refractivity contribution < 1.29 is 14.3 Å². The zero-order chi connectivity index (χ0) is 25.9. The van der Waals surface area contributed by atoms with E-state index in [9.17, 15) is 9.59 Å². The smallest absolute Gasteiger partial charge is 0.285 e. The number of amides is 2. The molecule has 0 radical (unpaired) electrons. The van der Waals surface area contributed by atoms with Crippen LogP contribution in [0.5, 0.6) is 5.75 Å². The minimum Gasteiger partial charge on any atom is -0.483 e. The van der Waals surface area contributed by atoms with Gasteiger partial charge in [0.1, 0.15) is 5.75 Å². The number of para-hydroxylation sites is 2. The molecule has 186 valence electrons. The third kappa shape index (κ3) is 5.85. The summed E-state index contributed by atoms with van der Waals surface area (Å²) in [6.45, 7) is 1.74. The summed E-state index contributed by atoms with van der Waals surface area (Å²) in [5.41, 5.74) is 6.21. The Bertz CT molecular complexity index is 1540. The van der Waals surface area contributed by atoms with Gasteiger partial charge in [0, 0.05) is 15.7 Å². The van der Waals surface area contributed by atoms with E-state index in [0.717, 1.165) is 25.9 Å². The Labute approximate surface area is 235 Å². The molecule has 1 aliphatic rings. The SMILES string of the molecule is Cc1ccccc1NC(=O)COc1ccc(Br)cc1/C=C1\SC(=S)N(Nc2nc3ccccc3s2)C1=O. The highest BCUT2D eigenvalue weighted by molar-refractivity contribution is 9.10. The lowest BCUT2D eigenvalue weighted by atomic mass is 10.2. The van der Waals surface area contributed by atoms with Crippen LogP contribution in [0.15, 0.2) is 76.1 Å². The number of nitrogens with zero attached hydrogens (tertiary/aromatic N) is 2. The summed E-state index contributed by atoms with van der Waals surface area (Å²) in [5.74, 6) is -0.112. The van der Waals surface area contributed by atoms with Gasteiger partial charge in [-0.05, 0) is 67.2 Å². The molecule has 1 saturated heterocycles. The van der Waals surface area contributed by atoms with E-state index in [2.05, 4.69) is 31.7 Å². The second kappa shape index (κ2) is 11.0. The number of anilines is 2. The quantitative estimate of drug-likeness (QED) is 0.180. The number of halogens is 1. The van der Waals surface area contributed by atoms with Crippen molar-refractivity contribution in [1.29, 1.82) is 0 Å². The molecule has 5 rings (SSSR count). The second-order valence-electron chi connectivity index (χ2n) is 7.95. The van der Waals surface area contributed by atoms with Crippen molar-refractivity contribution in [2.45, 2.75) is 6.92 Å². The molecule has 0 bridgehead atoms. The predicted octanol–water partition coefficient (Wildman–Crippen LogP) is 6.61. The number of ether oxygens (including phenoxy) is 1. The first-order valence-corrected chi connectivity index (χ1v) is 13.9. The van der Waals surface area contributed by atoms with E-state index in [1.54, 1.807) is 12.1 Å². The molecule has 0 aliphatic carbocycles. The summed E-state index contributed by atoms with van der Waals surface area (Å²) in [5, 5.41) is 4.74. The summed E-state index contributed by atoms with van der Waals surface area (Å²) >= 11 is 11.5. The van der Waals surface area contributed by atoms with E-state index in [1.165, 1.54) is 28.1 Å². The van der Waals surface area contributed by atoms with Crippen LogP contribution in [0, 0.1) is 6.92 Å². The number of nitrogens with one attached hydrogen (secondary N) is 2. The number of aryl methyl sites for hydroxylation is 1. The minimum absolute atomic E-state index is 0.184. The molecule has 0 spiro atoms. The van der Waals surface area contributed by atoms with Gasteiger partial charge in [-0.2, -0.15) is 5.01 Å². The first-order valence-electron chi connectivity index (χ1n) is 11.1. The van der Waals surface area contributed by atoms with E-state index in [1.807, 2.05) is 67.6 Å². The maximum Gasteiger partial charge on any atom is 0.285 e. The number of aromatic nitrogens is 1. The first-order chi connectivity index (χ1) is 17.9. The Kier molecular flexibility index (Phi) is 7.56. The van der Waals surface area contributed by atoms with Crippen molar-refractivity contribution in [3.8, 4) is 5.75 Å². The van der Waals surface area contributed by atoms with Gasteiger partial charge < -0.3 is 10.1 Å². The molecule has 3 aromatic carbocycles. The molecule has 0 saturated carbocycles. The van der Waals surface area contributed by atoms with E-state index in [-0.39, 0.29) is 18.4 Å². The van der Waals surface area contributed by atoms with Crippen LogP contribution in [0.25, 0.3) is 16.3 Å². The third-order valence-electron chi connectivity index (χ3n) is 5.33. The lowest BCUT2D eigenvalue weighted by Crippen LogP contribution is -2.33. The van der Waals surface area contributed by atoms with Crippen molar-refractivity contribution >= 4 is 94.5 Å². The number of hydrogen-bond acceptors (Lipinski definition) is 8. The van der Waals surface area contributed by atoms with Crippen molar-refractivity contribution in [3.63, 3.8) is 0 Å². The first kappa shape index (κ1) is 25.4. The van der Waals surface area contributed by atoms with Crippen LogP contribution >= 0.6 is 51.2 Å². The van der Waals surface area contributed by atoms with Crippen LogP contribution in [0.2, 0.25) is 0 Å². The fourth-order valence-electron chi connectivity index (χ4n) is 3.53. The van der Waals surface area contributed by atoms with Crippen LogP contribution in [0.1, 0.15) is 11.1 Å². The van der Waals surface area contributed by atoms with Crippen LogP contribution in [0.4, 0.5) is 10.8 Å². The fourth-order valence-corrected chi connectivity index (χ4v) is 5.93. The summed E-state index contributed by atoms with van der Waals surface area (Å²) in [6.07, 6.45) is 1.71. The summed E-state index contributed by atoms with van der Waals surface area (Å²) in [7, 11) is 0. The molecule has 1 aliphatic heterocycles. The van der Waals surface area contributed by atoms with Gasteiger partial charge in [0.25, 0.3) is 11.8 Å². The van der Waals surface area contributed by atoms with Crippen LogP contribution < -0.4 is 15.5 Å². The number of rotatable bonds is 7. The Balaban J connectivity index is 1.31. The average Bonchev–Trinajstić information content (AvgIpc) is 3.40. The zero-order valence-electron chi connectivity index (χ0n) is 19.4. The number of thiocarbonyl (C=S) groups is 1. The van der Waals surface area contributed by atoms with Crippen molar-refractivity contribution in [3.05, 3.63) is 87.2 Å². The number of carbonyl (C=O) groups excluding carboxylic acids is 2. The Morgan fingerprint density at radius 1 is 1.16 bits per heavy atom. The Morgan fingerprint density at radius 2 is 1.95 bits per heavy atom. The van der Waals surface area contributed by atoms with E-state index in [0.29, 0.717) is 25.7 Å². The summed E-state index contributed by atoms with van der Waals surface area (Å²) in [6, 6.07) is 20.6. The molecule has 2 N–H and O–H groups in total. The normalized spacial score (nSPS) is 14.4. The highest BCUT2D eigenvalue weighted by atomic mass is 79.9. The lowest BCUT2D eigenvalue weighted by molar-refractivity contribution is -0.121. The number of hydrogen-bond donors (Lipinski definition) is 2. The molecule has 7 nitrogen and oxygen atoms in total. The van der Waals surface area contributed by atoms with Crippen LogP contribution in [-0.4, -0.2) is 32.7 Å². The van der Waals surface area contributed by atoms with Gasteiger partial charge in [0.05, 0.1) is 15.1 Å². The maximum atomic E-state index is 13.2. The molecule has 0 unspecified atom stereocenters. The largest absolute Gasteiger partial charge is 0.483 e. The molecule has 37 heavy (non-hydrogen) atoms. The topological polar surface area (TPSA) is 83.6 Å². The molecule has 0 atom stereocenters. The van der Waals surface area contributed by atoms with Crippen LogP contribution in [0.3, 0.4) is 0 Å². The standard InChI is InChI=1S/C26H19BrN4O3S3/c1-15-6-2-3-7-18(15)28-23(32)14-34-20-11-10-17(27)12-16(20)13-22-24(33)31(26(35)37-22)30-25-29-19-8-4-5-9-21(19)36-25/h2-13H,14H2,1H3,(H,28,32)(H,29,30)/b22-13-. The molecule has 2 amide bonds. The van der Waals surface area contributed by atoms with Crippen molar-refractivity contribution in [1.82, 2.24) is 9.99 Å². The molecule has 4 aromatic rings. The summed E-state index contributed by atoms with van der Waals surface area (Å²) < 4.78 is 8.00. The van der Waals surface area contributed by atoms with Gasteiger partial charge >= 0.3 is 0 Å². The van der Waals surface area contributed by atoms with Crippen LogP contribution in [-0.2, 0) is 9.59 Å². The van der Waals surface area contributed by atoms with E-state index < -0.39 is 0 Å². The third-order valence-corrected chi connectivity index (χ3v) is 8.07. The molecular formula is C26H19BrN4O3S3.